The zero-order valence-electron chi connectivity index (χ0n) is 12.8. The van der Waals surface area contributed by atoms with E-state index in [2.05, 4.69) is 44.0 Å². The van der Waals surface area contributed by atoms with E-state index < -0.39 is 0 Å². The summed E-state index contributed by atoms with van der Waals surface area (Å²) >= 11 is 0. The van der Waals surface area contributed by atoms with Crippen molar-refractivity contribution >= 4 is 0 Å². The molecule has 3 nitrogen and oxygen atoms in total. The topological polar surface area (TPSA) is 28.4 Å². The van der Waals surface area contributed by atoms with Crippen LogP contribution in [-0.4, -0.2) is 36.1 Å². The quantitative estimate of drug-likeness (QED) is 0.886. The highest BCUT2D eigenvalue weighted by Crippen LogP contribution is 2.23. The molecule has 2 unspecified atom stereocenters. The minimum absolute atomic E-state index is 0.258. The lowest BCUT2D eigenvalue weighted by molar-refractivity contribution is 0.0602. The fourth-order valence-corrected chi connectivity index (χ4v) is 2.95. The summed E-state index contributed by atoms with van der Waals surface area (Å²) in [6.45, 7) is 12.6. The van der Waals surface area contributed by atoms with Crippen molar-refractivity contribution in [2.75, 3.05) is 19.6 Å². The van der Waals surface area contributed by atoms with Crippen LogP contribution in [0, 0.1) is 5.92 Å². The lowest BCUT2D eigenvalue weighted by Crippen LogP contribution is -2.64. The Morgan fingerprint density at radius 3 is 2.89 bits per heavy atom. The van der Waals surface area contributed by atoms with E-state index in [1.807, 2.05) is 6.07 Å². The largest absolute Gasteiger partial charge is 0.469 e. The molecule has 3 heteroatoms. The Balaban J connectivity index is 1.99. The summed E-state index contributed by atoms with van der Waals surface area (Å²) in [4.78, 5) is 2.65. The first-order valence-corrected chi connectivity index (χ1v) is 7.55. The molecule has 1 fully saturated rings. The molecule has 1 saturated heterocycles. The summed E-state index contributed by atoms with van der Waals surface area (Å²) in [6, 6.07) is 4.68. The third kappa shape index (κ3) is 3.61. The molecule has 2 atom stereocenters. The number of hydrogen-bond acceptors (Lipinski definition) is 3. The van der Waals surface area contributed by atoms with Gasteiger partial charge in [0.05, 0.1) is 6.26 Å². The van der Waals surface area contributed by atoms with Gasteiger partial charge in [-0.05, 0) is 31.4 Å². The summed E-state index contributed by atoms with van der Waals surface area (Å²) in [5, 5.41) is 3.73. The minimum atomic E-state index is 0.258. The first kappa shape index (κ1) is 14.6. The highest BCUT2D eigenvalue weighted by Gasteiger charge is 2.35. The average molecular weight is 264 g/mol. The molecule has 0 bridgehead atoms. The van der Waals surface area contributed by atoms with Gasteiger partial charge in [-0.1, -0.05) is 20.8 Å². The Bertz CT molecular complexity index is 374. The molecule has 0 aliphatic carbocycles. The second-order valence-corrected chi connectivity index (χ2v) is 6.41. The van der Waals surface area contributed by atoms with Crippen LogP contribution in [0.2, 0.25) is 0 Å². The van der Waals surface area contributed by atoms with Crippen LogP contribution in [0.25, 0.3) is 0 Å². The van der Waals surface area contributed by atoms with E-state index in [-0.39, 0.29) is 5.54 Å². The molecular weight excluding hydrogens is 236 g/mol. The molecule has 0 spiro atoms. The molecule has 0 aromatic carbocycles. The van der Waals surface area contributed by atoms with Crippen LogP contribution < -0.4 is 5.32 Å². The molecular formula is C16H28N2O. The van der Waals surface area contributed by atoms with Crippen molar-refractivity contribution in [2.24, 2.45) is 5.92 Å². The Hall–Kier alpha value is -0.800. The summed E-state index contributed by atoms with van der Waals surface area (Å²) < 4.78 is 5.46. The van der Waals surface area contributed by atoms with E-state index in [0.29, 0.717) is 12.0 Å². The van der Waals surface area contributed by atoms with Gasteiger partial charge in [-0.3, -0.25) is 4.90 Å². The monoisotopic (exact) mass is 264 g/mol. The van der Waals surface area contributed by atoms with Gasteiger partial charge in [0.2, 0.25) is 0 Å². The number of hydrogen-bond donors (Lipinski definition) is 1. The molecule has 1 aliphatic heterocycles. The summed E-state index contributed by atoms with van der Waals surface area (Å²) in [7, 11) is 0. The van der Waals surface area contributed by atoms with Crippen molar-refractivity contribution in [3.63, 3.8) is 0 Å². The molecule has 0 saturated carbocycles. The molecule has 1 aromatic heterocycles. The first-order valence-electron chi connectivity index (χ1n) is 7.55. The number of piperazine rings is 1. The fraction of sp³-hybridized carbons (Fsp3) is 0.750. The maximum atomic E-state index is 5.46. The predicted octanol–water partition coefficient (Wildman–Crippen LogP) is 2.92. The summed E-state index contributed by atoms with van der Waals surface area (Å²) in [6.07, 6.45) is 3.95. The Morgan fingerprint density at radius 2 is 2.32 bits per heavy atom. The van der Waals surface area contributed by atoms with Crippen LogP contribution in [0.15, 0.2) is 22.8 Å². The molecule has 0 amide bonds. The van der Waals surface area contributed by atoms with Gasteiger partial charge >= 0.3 is 0 Å². The van der Waals surface area contributed by atoms with Crippen molar-refractivity contribution in [1.29, 1.82) is 0 Å². The van der Waals surface area contributed by atoms with Crippen LogP contribution in [0.5, 0.6) is 0 Å². The van der Waals surface area contributed by atoms with Crippen molar-refractivity contribution in [2.45, 2.75) is 52.1 Å². The van der Waals surface area contributed by atoms with Gasteiger partial charge in [0.1, 0.15) is 5.76 Å². The highest BCUT2D eigenvalue weighted by molar-refractivity contribution is 5.01. The molecule has 108 valence electrons. The first-order chi connectivity index (χ1) is 9.04. The normalized spacial score (nSPS) is 29.0. The molecule has 1 N–H and O–H groups in total. The number of nitrogens with zero attached hydrogens (tertiary/aromatic N) is 1. The maximum absolute atomic E-state index is 5.46. The van der Waals surface area contributed by atoms with Crippen LogP contribution >= 0.6 is 0 Å². The van der Waals surface area contributed by atoms with E-state index in [4.69, 9.17) is 4.42 Å². The third-order valence-electron chi connectivity index (χ3n) is 4.53. The van der Waals surface area contributed by atoms with E-state index in [1.165, 1.54) is 6.42 Å². The minimum Gasteiger partial charge on any atom is -0.469 e. The smallest absolute Gasteiger partial charge is 0.105 e. The molecule has 2 rings (SSSR count). The van der Waals surface area contributed by atoms with Gasteiger partial charge in [-0.15, -0.1) is 0 Å². The number of nitrogens with one attached hydrogen (secondary N) is 1. The van der Waals surface area contributed by atoms with E-state index in [9.17, 15) is 0 Å². The predicted molar refractivity (Wildman–Crippen MR) is 79.3 cm³/mol. The lowest BCUT2D eigenvalue weighted by atomic mass is 9.90. The SMILES string of the molecule is CCC1(C)CN(CCc2ccco2)C(C(C)C)CN1. The highest BCUT2D eigenvalue weighted by atomic mass is 16.3. The standard InChI is InChI=1S/C16H28N2O/c1-5-16(4)12-18(15(11-17-16)13(2)3)9-8-14-7-6-10-19-14/h6-7,10,13,15,17H,5,8-9,11-12H2,1-4H3. The van der Waals surface area contributed by atoms with Crippen molar-refractivity contribution in [3.05, 3.63) is 24.2 Å². The Kier molecular flexibility index (Phi) is 4.69. The van der Waals surface area contributed by atoms with Gasteiger partial charge in [-0.25, -0.2) is 0 Å². The second-order valence-electron chi connectivity index (χ2n) is 6.41. The van der Waals surface area contributed by atoms with E-state index in [1.54, 1.807) is 6.26 Å². The number of rotatable bonds is 5. The molecule has 0 radical (unpaired) electrons. The van der Waals surface area contributed by atoms with Gasteiger partial charge in [0.15, 0.2) is 0 Å². The van der Waals surface area contributed by atoms with Crippen LogP contribution in [0.3, 0.4) is 0 Å². The van der Waals surface area contributed by atoms with Gasteiger partial charge < -0.3 is 9.73 Å². The third-order valence-corrected chi connectivity index (χ3v) is 4.53. The zero-order valence-corrected chi connectivity index (χ0v) is 12.8. The van der Waals surface area contributed by atoms with Crippen LogP contribution in [-0.2, 0) is 6.42 Å². The molecule has 1 aliphatic rings. The fourth-order valence-electron chi connectivity index (χ4n) is 2.95. The second kappa shape index (κ2) is 6.10. The van der Waals surface area contributed by atoms with Crippen molar-refractivity contribution in [1.82, 2.24) is 10.2 Å². The molecule has 19 heavy (non-hydrogen) atoms. The Labute approximate surface area is 117 Å². The van der Waals surface area contributed by atoms with Gasteiger partial charge in [-0.2, -0.15) is 0 Å². The van der Waals surface area contributed by atoms with E-state index in [0.717, 1.165) is 31.8 Å². The lowest BCUT2D eigenvalue weighted by Gasteiger charge is -2.47. The van der Waals surface area contributed by atoms with E-state index >= 15 is 0 Å². The van der Waals surface area contributed by atoms with Crippen molar-refractivity contribution < 1.29 is 4.42 Å². The number of furan rings is 1. The van der Waals surface area contributed by atoms with Crippen LogP contribution in [0.4, 0.5) is 0 Å². The summed E-state index contributed by atoms with van der Waals surface area (Å²) in [5.41, 5.74) is 0.258. The van der Waals surface area contributed by atoms with Crippen LogP contribution in [0.1, 0.15) is 39.9 Å². The van der Waals surface area contributed by atoms with Gasteiger partial charge in [0, 0.05) is 37.6 Å². The maximum Gasteiger partial charge on any atom is 0.105 e. The Morgan fingerprint density at radius 1 is 1.53 bits per heavy atom. The van der Waals surface area contributed by atoms with Crippen molar-refractivity contribution in [3.8, 4) is 0 Å². The molecule has 1 aromatic rings. The summed E-state index contributed by atoms with van der Waals surface area (Å²) in [5.74, 6) is 1.78. The molecule has 2 heterocycles. The zero-order chi connectivity index (χ0) is 13.9. The van der Waals surface area contributed by atoms with Gasteiger partial charge in [0.25, 0.3) is 0 Å². The average Bonchev–Trinajstić information content (AvgIpc) is 2.89.